The number of fused-ring (bicyclic) bond motifs is 2. The molecular weight excluding hydrogens is 744 g/mol. The van der Waals surface area contributed by atoms with Crippen molar-refractivity contribution in [3.8, 4) is 0 Å². The first kappa shape index (κ1) is 50.1. The van der Waals surface area contributed by atoms with E-state index in [-0.39, 0.29) is 77.9 Å². The third-order valence-electron chi connectivity index (χ3n) is 13.5. The Kier molecular flexibility index (Phi) is 21.5. The minimum absolute atomic E-state index is 0.0231. The van der Waals surface area contributed by atoms with Gasteiger partial charge in [0.2, 0.25) is 0 Å². The molecule has 1 saturated carbocycles. The molecule has 12 heteroatoms. The fourth-order valence-corrected chi connectivity index (χ4v) is 9.93. The van der Waals surface area contributed by atoms with E-state index in [1.165, 1.54) is 45.4 Å². The Hall–Kier alpha value is -2.28. The van der Waals surface area contributed by atoms with Crippen molar-refractivity contribution in [2.75, 3.05) is 13.2 Å². The summed E-state index contributed by atoms with van der Waals surface area (Å²) in [5.74, 6) is -0.526. The van der Waals surface area contributed by atoms with Gasteiger partial charge < -0.3 is 38.3 Å². The van der Waals surface area contributed by atoms with Crippen LogP contribution >= 0.6 is 0 Å². The summed E-state index contributed by atoms with van der Waals surface area (Å²) in [5.41, 5.74) is -0.0914. The molecule has 13 unspecified atom stereocenters. The van der Waals surface area contributed by atoms with E-state index in [1.54, 1.807) is 0 Å². The van der Waals surface area contributed by atoms with Gasteiger partial charge in [-0.25, -0.2) is 0 Å². The van der Waals surface area contributed by atoms with E-state index < -0.39 is 5.97 Å². The van der Waals surface area contributed by atoms with Gasteiger partial charge in [-0.3, -0.25) is 19.2 Å². The zero-order valence-corrected chi connectivity index (χ0v) is 37.7. The smallest absolute Gasteiger partial charge is 0.312 e. The highest BCUT2D eigenvalue weighted by atomic mass is 16.6. The molecule has 12 nitrogen and oxygen atoms in total. The zero-order valence-electron chi connectivity index (χ0n) is 37.7. The average molecular weight is 825 g/mol. The number of hydrogen-bond acceptors (Lipinski definition) is 11. The number of cyclic esters (lactones) is 2. The van der Waals surface area contributed by atoms with Gasteiger partial charge >= 0.3 is 23.9 Å². The van der Waals surface area contributed by atoms with Crippen molar-refractivity contribution < 1.29 is 57.4 Å². The van der Waals surface area contributed by atoms with Crippen molar-refractivity contribution >= 4 is 23.9 Å². The van der Waals surface area contributed by atoms with Crippen molar-refractivity contribution in [2.24, 2.45) is 29.6 Å². The monoisotopic (exact) mass is 825 g/mol. The van der Waals surface area contributed by atoms with Crippen LogP contribution in [0.15, 0.2) is 0 Å². The summed E-state index contributed by atoms with van der Waals surface area (Å²) in [6.07, 6.45) is 18.6. The summed E-state index contributed by atoms with van der Waals surface area (Å²) in [6, 6.07) is 0. The van der Waals surface area contributed by atoms with Crippen LogP contribution < -0.4 is 0 Å². The maximum atomic E-state index is 11.4. The van der Waals surface area contributed by atoms with Gasteiger partial charge in [0.1, 0.15) is 5.60 Å². The molecule has 0 bridgehead atoms. The number of ether oxygens (including phenoxy) is 7. The summed E-state index contributed by atoms with van der Waals surface area (Å²) in [5, 5.41) is 8.85. The van der Waals surface area contributed by atoms with Gasteiger partial charge in [0.05, 0.1) is 79.8 Å². The van der Waals surface area contributed by atoms with Crippen molar-refractivity contribution in [3.63, 3.8) is 0 Å². The molecular formula is C46H80O12. The van der Waals surface area contributed by atoms with Gasteiger partial charge in [0.25, 0.3) is 0 Å². The quantitative estimate of drug-likeness (QED) is 0.156. The normalized spacial score (nSPS) is 36.3. The van der Waals surface area contributed by atoms with Crippen LogP contribution in [0.4, 0.5) is 0 Å². The highest BCUT2D eigenvalue weighted by molar-refractivity contribution is 5.76. The number of carbonyl (C=O) groups excluding carboxylic acids is 3. The third kappa shape index (κ3) is 13.4. The van der Waals surface area contributed by atoms with Crippen LogP contribution in [-0.4, -0.2) is 96.6 Å². The van der Waals surface area contributed by atoms with E-state index in [1.807, 2.05) is 13.8 Å². The molecule has 0 aromatic rings. The summed E-state index contributed by atoms with van der Waals surface area (Å²) in [6.45, 7) is 21.4. The molecule has 7 aliphatic rings. The Morgan fingerprint density at radius 1 is 0.603 bits per heavy atom. The first-order chi connectivity index (χ1) is 27.8. The van der Waals surface area contributed by atoms with Crippen molar-refractivity contribution in [2.45, 2.75) is 226 Å². The second kappa shape index (κ2) is 24.8. The van der Waals surface area contributed by atoms with Crippen LogP contribution in [0.2, 0.25) is 0 Å². The summed E-state index contributed by atoms with van der Waals surface area (Å²) < 4.78 is 38.2. The fourth-order valence-electron chi connectivity index (χ4n) is 9.93. The zero-order chi connectivity index (χ0) is 43.0. The van der Waals surface area contributed by atoms with E-state index in [2.05, 4.69) is 48.5 Å². The van der Waals surface area contributed by atoms with E-state index in [4.69, 9.17) is 38.3 Å². The lowest BCUT2D eigenvalue weighted by Gasteiger charge is -2.26. The maximum Gasteiger partial charge on any atom is 0.312 e. The number of aliphatic carboxylic acids is 1. The molecule has 1 aliphatic carbocycles. The van der Waals surface area contributed by atoms with Crippen LogP contribution in [0.5, 0.6) is 0 Å². The number of carboxylic acid groups (broad SMARTS) is 1. The molecule has 6 heterocycles. The highest BCUT2D eigenvalue weighted by Crippen LogP contribution is 2.42. The molecule has 6 aliphatic heterocycles. The topological polar surface area (TPSA) is 153 Å². The van der Waals surface area contributed by atoms with Gasteiger partial charge in [-0.1, -0.05) is 62.3 Å². The van der Waals surface area contributed by atoms with Crippen LogP contribution in [-0.2, 0) is 52.3 Å². The van der Waals surface area contributed by atoms with E-state index in [0.29, 0.717) is 43.7 Å². The van der Waals surface area contributed by atoms with Crippen LogP contribution in [0, 0.1) is 29.6 Å². The van der Waals surface area contributed by atoms with Gasteiger partial charge in [-0.05, 0) is 103 Å². The Labute approximate surface area is 349 Å². The lowest BCUT2D eigenvalue weighted by Crippen LogP contribution is -2.29. The minimum atomic E-state index is -0.710. The van der Waals surface area contributed by atoms with Gasteiger partial charge in [0.15, 0.2) is 0 Å². The predicted molar refractivity (Wildman–Crippen MR) is 221 cm³/mol. The minimum Gasteiger partial charge on any atom is -0.481 e. The number of hydrogen-bond donors (Lipinski definition) is 1. The Bertz CT molecular complexity index is 1190. The Balaban J connectivity index is 0.000000195. The molecule has 0 amide bonds. The van der Waals surface area contributed by atoms with Gasteiger partial charge in [0, 0.05) is 18.8 Å². The molecule has 0 spiro atoms. The Morgan fingerprint density at radius 3 is 1.34 bits per heavy atom. The van der Waals surface area contributed by atoms with Crippen LogP contribution in [0.25, 0.3) is 0 Å². The molecule has 1 N–H and O–H groups in total. The van der Waals surface area contributed by atoms with Gasteiger partial charge in [-0.2, -0.15) is 0 Å². The maximum absolute atomic E-state index is 11.4. The van der Waals surface area contributed by atoms with E-state index in [9.17, 15) is 19.2 Å². The van der Waals surface area contributed by atoms with Gasteiger partial charge in [-0.15, -0.1) is 0 Å². The molecule has 0 radical (unpaired) electrons. The largest absolute Gasteiger partial charge is 0.481 e. The van der Waals surface area contributed by atoms with E-state index >= 15 is 0 Å². The molecule has 336 valence electrons. The second-order valence-electron chi connectivity index (χ2n) is 17.1. The van der Waals surface area contributed by atoms with Crippen LogP contribution in [0.3, 0.4) is 0 Å². The van der Waals surface area contributed by atoms with Crippen molar-refractivity contribution in [3.05, 3.63) is 0 Å². The lowest BCUT2D eigenvalue weighted by atomic mass is 9.88. The number of esters is 3. The molecule has 7 fully saturated rings. The summed E-state index contributed by atoms with van der Waals surface area (Å²) in [7, 11) is 0. The molecule has 7 rings (SSSR count). The van der Waals surface area contributed by atoms with Crippen LogP contribution in [0.1, 0.15) is 172 Å². The molecule has 13 atom stereocenters. The summed E-state index contributed by atoms with van der Waals surface area (Å²) >= 11 is 0. The molecule has 58 heavy (non-hydrogen) atoms. The van der Waals surface area contributed by atoms with Crippen molar-refractivity contribution in [1.82, 2.24) is 0 Å². The molecule has 6 saturated heterocycles. The predicted octanol–water partition coefficient (Wildman–Crippen LogP) is 9.02. The average Bonchev–Trinajstić information content (AvgIpc) is 4.09. The number of carboxylic acids is 1. The standard InChI is InChI=1S/2C10H16O3.C9H16O3.C9H16O2.C8H16O/c2*1-3-7-6-5-12-10(11)9(6)8(4-2)13-7;1-3-6-5-7(9(10)11)8(4-2)12-6;1-3-9(11-8(2)10)6-4-5-7-9;1-3-7-5-6-8(4-2)9-7/h2*6-9H,3-5H2,1-2H3;6-8H,3-5H2,1-2H3,(H,10,11);3-7H2,1-2H3;7-8H,3-6H2,1-2H3. The first-order valence-corrected chi connectivity index (χ1v) is 23.2. The molecule has 0 aromatic carbocycles. The highest BCUT2D eigenvalue weighted by Gasteiger charge is 2.53. The summed E-state index contributed by atoms with van der Waals surface area (Å²) in [4.78, 5) is 44.3. The second-order valence-corrected chi connectivity index (χ2v) is 17.1. The fraction of sp³-hybridized carbons (Fsp3) is 0.913. The number of carbonyl (C=O) groups is 4. The first-order valence-electron chi connectivity index (χ1n) is 23.2. The SMILES string of the molecule is CCC1(OC(C)=O)CCCC1.CCC1CC(C(=O)O)C(CC)O1.CCC1CCC(CC)O1.CCC1OC(CC)C2C(=O)OCC12.CCC1OC(CC)C2C(=O)OCC12. The lowest BCUT2D eigenvalue weighted by molar-refractivity contribution is -0.157. The Morgan fingerprint density at radius 2 is 1.03 bits per heavy atom. The molecule has 0 aromatic heterocycles. The number of rotatable bonds is 11. The van der Waals surface area contributed by atoms with E-state index in [0.717, 1.165) is 57.8 Å². The third-order valence-corrected chi connectivity index (χ3v) is 13.5. The van der Waals surface area contributed by atoms with Crippen molar-refractivity contribution in [1.29, 1.82) is 0 Å².